The van der Waals surface area contributed by atoms with Crippen molar-refractivity contribution in [1.29, 1.82) is 0 Å². The van der Waals surface area contributed by atoms with E-state index in [4.69, 9.17) is 14.4 Å². The molecule has 4 aromatic rings. The van der Waals surface area contributed by atoms with Gasteiger partial charge in [-0.25, -0.2) is 19.9 Å². The summed E-state index contributed by atoms with van der Waals surface area (Å²) < 4.78 is 5.19. The molecule has 1 saturated heterocycles. The molecule has 1 aliphatic heterocycles. The predicted octanol–water partition coefficient (Wildman–Crippen LogP) is 4.30. The van der Waals surface area contributed by atoms with Crippen LogP contribution in [0, 0.1) is 0 Å². The topological polar surface area (TPSA) is 87.9 Å². The number of thiophene rings is 1. The molecule has 30 heavy (non-hydrogen) atoms. The van der Waals surface area contributed by atoms with Gasteiger partial charge in [-0.3, -0.25) is 0 Å². The van der Waals surface area contributed by atoms with Gasteiger partial charge in [-0.05, 0) is 31.2 Å². The average Bonchev–Trinajstić information content (AvgIpc) is 3.41. The maximum absolute atomic E-state index is 11.3. The summed E-state index contributed by atoms with van der Waals surface area (Å²) in [5.74, 6) is 2.74. The van der Waals surface area contributed by atoms with Gasteiger partial charge in [0, 0.05) is 35.9 Å². The number of nitrogens with zero attached hydrogens (tertiary/aromatic N) is 4. The first kappa shape index (κ1) is 17.8. The number of hydrogen-bond donors (Lipinski definition) is 1. The van der Waals surface area contributed by atoms with Crippen LogP contribution < -0.4 is 10.7 Å². The smallest absolute Gasteiger partial charge is 0.392 e. The molecule has 0 bridgehead atoms. The lowest BCUT2D eigenvalue weighted by molar-refractivity contribution is 0.379. The van der Waals surface area contributed by atoms with Crippen molar-refractivity contribution < 1.29 is 4.42 Å². The number of benzene rings is 1. The third-order valence-corrected chi connectivity index (χ3v) is 6.93. The van der Waals surface area contributed by atoms with Crippen LogP contribution in [0.3, 0.4) is 0 Å². The highest BCUT2D eigenvalue weighted by atomic mass is 32.1. The normalized spacial score (nSPS) is 17.7. The summed E-state index contributed by atoms with van der Waals surface area (Å²) in [7, 11) is 0. The van der Waals surface area contributed by atoms with Crippen LogP contribution in [0.5, 0.6) is 0 Å². The highest BCUT2D eigenvalue weighted by molar-refractivity contribution is 7.17. The molecule has 152 valence electrons. The van der Waals surface area contributed by atoms with Crippen molar-refractivity contribution in [3.8, 4) is 11.1 Å². The number of anilines is 1. The molecular formula is C22H21N5O2S. The second-order valence-corrected chi connectivity index (χ2v) is 8.95. The predicted molar refractivity (Wildman–Crippen MR) is 116 cm³/mol. The largest absolute Gasteiger partial charge is 0.434 e. The van der Waals surface area contributed by atoms with Gasteiger partial charge < -0.3 is 9.32 Å². The summed E-state index contributed by atoms with van der Waals surface area (Å²) >= 11 is 1.70. The number of aromatic amines is 1. The molecule has 0 radical (unpaired) electrons. The van der Waals surface area contributed by atoms with E-state index in [9.17, 15) is 4.79 Å². The third kappa shape index (κ3) is 3.11. The van der Waals surface area contributed by atoms with Crippen molar-refractivity contribution >= 4 is 27.4 Å². The van der Waals surface area contributed by atoms with Gasteiger partial charge in [-0.15, -0.1) is 16.4 Å². The van der Waals surface area contributed by atoms with Crippen LogP contribution in [0.4, 0.5) is 5.82 Å². The molecule has 1 N–H and O–H groups in total. The SMILES string of the molecule is O=c1[nH]nc(C2CCN(c3nc(C4CC4)nc4scc(-c5ccccc5)c34)CC2)o1. The van der Waals surface area contributed by atoms with Gasteiger partial charge >= 0.3 is 5.76 Å². The van der Waals surface area contributed by atoms with Gasteiger partial charge in [0.05, 0.1) is 5.39 Å². The first-order valence-corrected chi connectivity index (χ1v) is 11.3. The van der Waals surface area contributed by atoms with Gasteiger partial charge in [-0.2, -0.15) is 0 Å². The van der Waals surface area contributed by atoms with Gasteiger partial charge in [-0.1, -0.05) is 30.3 Å². The molecule has 0 spiro atoms. The van der Waals surface area contributed by atoms with E-state index in [2.05, 4.69) is 44.7 Å². The Bertz CT molecular complexity index is 1250. The molecule has 7 nitrogen and oxygen atoms in total. The fraction of sp³-hybridized carbons (Fsp3) is 0.364. The Morgan fingerprint density at radius 1 is 1.03 bits per heavy atom. The highest BCUT2D eigenvalue weighted by Crippen LogP contribution is 2.44. The van der Waals surface area contributed by atoms with E-state index in [-0.39, 0.29) is 5.92 Å². The van der Waals surface area contributed by atoms with Crippen LogP contribution in [0.1, 0.15) is 49.2 Å². The summed E-state index contributed by atoms with van der Waals surface area (Å²) in [6.07, 6.45) is 4.12. The van der Waals surface area contributed by atoms with Crippen LogP contribution in [-0.4, -0.2) is 33.3 Å². The minimum absolute atomic E-state index is 0.163. The number of nitrogens with one attached hydrogen (secondary N) is 1. The highest BCUT2D eigenvalue weighted by Gasteiger charge is 2.31. The van der Waals surface area contributed by atoms with Gasteiger partial charge in [0.1, 0.15) is 16.5 Å². The molecule has 0 unspecified atom stereocenters. The van der Waals surface area contributed by atoms with Crippen LogP contribution in [0.2, 0.25) is 0 Å². The molecule has 1 aliphatic carbocycles. The molecule has 3 aromatic heterocycles. The van der Waals surface area contributed by atoms with E-state index in [1.807, 2.05) is 6.07 Å². The minimum Gasteiger partial charge on any atom is -0.392 e. The zero-order valence-electron chi connectivity index (χ0n) is 16.4. The Morgan fingerprint density at radius 2 is 1.83 bits per heavy atom. The standard InChI is InChI=1S/C22H21N5O2S/c28-22-26-25-20(29-22)15-8-10-27(11-9-15)19-17-16(13-4-2-1-3-5-13)12-30-21(17)24-18(23-19)14-6-7-14/h1-5,12,14-15H,6-11H2,(H,26,28). The molecule has 0 atom stereocenters. The number of rotatable bonds is 4. The van der Waals surface area contributed by atoms with Crippen LogP contribution >= 0.6 is 11.3 Å². The number of H-pyrrole nitrogens is 1. The molecule has 0 amide bonds. The van der Waals surface area contributed by atoms with Gasteiger partial charge in [0.25, 0.3) is 0 Å². The van der Waals surface area contributed by atoms with Crippen molar-refractivity contribution in [2.24, 2.45) is 0 Å². The van der Waals surface area contributed by atoms with Crippen molar-refractivity contribution in [2.75, 3.05) is 18.0 Å². The molecule has 6 rings (SSSR count). The summed E-state index contributed by atoms with van der Waals surface area (Å²) in [5.41, 5.74) is 2.40. The number of hydrogen-bond acceptors (Lipinski definition) is 7. The Labute approximate surface area is 176 Å². The van der Waals surface area contributed by atoms with Crippen LogP contribution in [-0.2, 0) is 0 Å². The van der Waals surface area contributed by atoms with Crippen molar-refractivity contribution in [3.63, 3.8) is 0 Å². The maximum Gasteiger partial charge on any atom is 0.434 e. The molecule has 4 heterocycles. The second kappa shape index (κ2) is 7.05. The molecule has 2 aliphatic rings. The summed E-state index contributed by atoms with van der Waals surface area (Å²) in [5, 5.41) is 9.77. The Balaban J connectivity index is 1.39. The fourth-order valence-corrected chi connectivity index (χ4v) is 5.23. The Hall–Kier alpha value is -3.00. The van der Waals surface area contributed by atoms with E-state index in [1.165, 1.54) is 24.0 Å². The number of aromatic nitrogens is 4. The molecular weight excluding hydrogens is 398 g/mol. The Kier molecular flexibility index (Phi) is 4.19. The van der Waals surface area contributed by atoms with Crippen molar-refractivity contribution in [3.05, 3.63) is 58.0 Å². The molecule has 1 aromatic carbocycles. The average molecular weight is 420 g/mol. The summed E-state index contributed by atoms with van der Waals surface area (Å²) in [4.78, 5) is 24.7. The maximum atomic E-state index is 11.3. The van der Waals surface area contributed by atoms with E-state index in [1.54, 1.807) is 11.3 Å². The van der Waals surface area contributed by atoms with E-state index < -0.39 is 5.76 Å². The quantitative estimate of drug-likeness (QED) is 0.531. The van der Waals surface area contributed by atoms with E-state index in [0.717, 1.165) is 47.8 Å². The summed E-state index contributed by atoms with van der Waals surface area (Å²) in [6.45, 7) is 1.70. The third-order valence-electron chi connectivity index (χ3n) is 6.06. The first-order valence-electron chi connectivity index (χ1n) is 10.4. The fourth-order valence-electron chi connectivity index (χ4n) is 4.28. The summed E-state index contributed by atoms with van der Waals surface area (Å²) in [6, 6.07) is 10.5. The zero-order chi connectivity index (χ0) is 20.1. The monoisotopic (exact) mass is 419 g/mol. The first-order chi connectivity index (χ1) is 14.8. The lowest BCUT2D eigenvalue weighted by atomic mass is 9.96. The lowest BCUT2D eigenvalue weighted by Gasteiger charge is -2.32. The molecule has 2 fully saturated rings. The van der Waals surface area contributed by atoms with Crippen LogP contribution in [0.25, 0.3) is 21.3 Å². The number of fused-ring (bicyclic) bond motifs is 1. The molecule has 1 saturated carbocycles. The van der Waals surface area contributed by atoms with E-state index >= 15 is 0 Å². The zero-order valence-corrected chi connectivity index (χ0v) is 17.2. The Morgan fingerprint density at radius 3 is 2.53 bits per heavy atom. The minimum atomic E-state index is -0.482. The van der Waals surface area contributed by atoms with Gasteiger partial charge in [0.15, 0.2) is 0 Å². The van der Waals surface area contributed by atoms with Crippen LogP contribution in [0.15, 0.2) is 44.9 Å². The van der Waals surface area contributed by atoms with Crippen molar-refractivity contribution in [1.82, 2.24) is 20.2 Å². The number of piperidine rings is 1. The second-order valence-electron chi connectivity index (χ2n) is 8.09. The lowest BCUT2D eigenvalue weighted by Crippen LogP contribution is -2.34. The van der Waals surface area contributed by atoms with Crippen molar-refractivity contribution in [2.45, 2.75) is 37.5 Å². The molecule has 8 heteroatoms. The van der Waals surface area contributed by atoms with E-state index in [0.29, 0.717) is 11.8 Å². The van der Waals surface area contributed by atoms with Gasteiger partial charge in [0.2, 0.25) is 5.89 Å².